The highest BCUT2D eigenvalue weighted by molar-refractivity contribution is 5.77. The van der Waals surface area contributed by atoms with E-state index in [1.54, 1.807) is 40.8 Å². The number of aryl methyl sites for hydroxylation is 2. The second-order valence-electron chi connectivity index (χ2n) is 6.88. The number of carbonyl (C=O) groups excluding carboxylic acids is 1. The van der Waals surface area contributed by atoms with Crippen molar-refractivity contribution in [1.82, 2.24) is 23.6 Å². The van der Waals surface area contributed by atoms with Gasteiger partial charge in [0, 0.05) is 27.2 Å². The van der Waals surface area contributed by atoms with Gasteiger partial charge in [-0.3, -0.25) is 14.2 Å². The second-order valence-corrected chi connectivity index (χ2v) is 6.88. The molecular weight excluding hydrogens is 372 g/mol. The van der Waals surface area contributed by atoms with Gasteiger partial charge < -0.3 is 9.47 Å². The van der Waals surface area contributed by atoms with Gasteiger partial charge in [0.05, 0.1) is 18.0 Å². The fourth-order valence-corrected chi connectivity index (χ4v) is 3.24. The first kappa shape index (κ1) is 20.1. The first-order valence-corrected chi connectivity index (χ1v) is 9.25. The standard InChI is InChI=1S/C20H22N6O3/c1-4-9-25(11-15-7-5-14(10-21)6-8-15)16(27)12-26-19(28)17-18(22-13-23(17)2)24(3)20(26)29/h5-8,13H,4,9,11-12H2,1-3H3. The zero-order valence-electron chi connectivity index (χ0n) is 16.6. The molecule has 0 saturated carbocycles. The van der Waals surface area contributed by atoms with E-state index < -0.39 is 11.2 Å². The molecule has 9 nitrogen and oxygen atoms in total. The zero-order chi connectivity index (χ0) is 21.1. The van der Waals surface area contributed by atoms with E-state index in [9.17, 15) is 14.4 Å². The first-order chi connectivity index (χ1) is 13.9. The number of amides is 1. The van der Waals surface area contributed by atoms with Gasteiger partial charge in [-0.1, -0.05) is 19.1 Å². The summed E-state index contributed by atoms with van der Waals surface area (Å²) in [5.74, 6) is -0.322. The van der Waals surface area contributed by atoms with Crippen LogP contribution in [0.25, 0.3) is 11.2 Å². The summed E-state index contributed by atoms with van der Waals surface area (Å²) < 4.78 is 3.77. The molecule has 1 aromatic carbocycles. The molecule has 0 aliphatic rings. The molecule has 0 N–H and O–H groups in total. The maximum atomic E-state index is 12.9. The van der Waals surface area contributed by atoms with Crippen LogP contribution < -0.4 is 11.2 Å². The lowest BCUT2D eigenvalue weighted by molar-refractivity contribution is -0.132. The van der Waals surface area contributed by atoms with Crippen molar-refractivity contribution in [3.63, 3.8) is 0 Å². The van der Waals surface area contributed by atoms with Crippen LogP contribution in [-0.4, -0.2) is 36.0 Å². The number of rotatable bonds is 6. The summed E-state index contributed by atoms with van der Waals surface area (Å²) in [6, 6.07) is 9.04. The molecule has 0 aliphatic carbocycles. The van der Waals surface area contributed by atoms with E-state index in [1.807, 2.05) is 6.92 Å². The number of fused-ring (bicyclic) bond motifs is 1. The van der Waals surface area contributed by atoms with Crippen LogP contribution in [0.5, 0.6) is 0 Å². The summed E-state index contributed by atoms with van der Waals surface area (Å²) in [5, 5.41) is 8.92. The minimum Gasteiger partial charge on any atom is -0.337 e. The van der Waals surface area contributed by atoms with Gasteiger partial charge in [0.2, 0.25) is 5.91 Å². The average Bonchev–Trinajstić information content (AvgIpc) is 3.11. The number of nitriles is 1. The molecule has 0 bridgehead atoms. The van der Waals surface area contributed by atoms with E-state index in [0.717, 1.165) is 16.6 Å². The van der Waals surface area contributed by atoms with Gasteiger partial charge in [0.1, 0.15) is 6.54 Å². The summed E-state index contributed by atoms with van der Waals surface area (Å²) in [6.45, 7) is 2.43. The van der Waals surface area contributed by atoms with Crippen molar-refractivity contribution in [2.45, 2.75) is 26.4 Å². The van der Waals surface area contributed by atoms with Crippen LogP contribution >= 0.6 is 0 Å². The zero-order valence-corrected chi connectivity index (χ0v) is 16.6. The Kier molecular flexibility index (Phi) is 5.64. The first-order valence-electron chi connectivity index (χ1n) is 9.25. The van der Waals surface area contributed by atoms with Crippen LogP contribution in [0.2, 0.25) is 0 Å². The van der Waals surface area contributed by atoms with Gasteiger partial charge >= 0.3 is 5.69 Å². The van der Waals surface area contributed by atoms with E-state index >= 15 is 0 Å². The predicted molar refractivity (Wildman–Crippen MR) is 107 cm³/mol. The van der Waals surface area contributed by atoms with Crippen molar-refractivity contribution in [2.24, 2.45) is 14.1 Å². The molecule has 0 saturated heterocycles. The van der Waals surface area contributed by atoms with Gasteiger partial charge in [-0.15, -0.1) is 0 Å². The molecule has 2 aromatic heterocycles. The Morgan fingerprint density at radius 1 is 1.21 bits per heavy atom. The van der Waals surface area contributed by atoms with Crippen LogP contribution in [0.3, 0.4) is 0 Å². The molecule has 0 aliphatic heterocycles. The highest BCUT2D eigenvalue weighted by Crippen LogP contribution is 2.09. The number of aromatic nitrogens is 4. The van der Waals surface area contributed by atoms with E-state index in [4.69, 9.17) is 5.26 Å². The number of carbonyl (C=O) groups is 1. The molecular formula is C20H22N6O3. The van der Waals surface area contributed by atoms with Crippen molar-refractivity contribution in [3.05, 3.63) is 62.6 Å². The number of hydrogen-bond donors (Lipinski definition) is 0. The maximum absolute atomic E-state index is 12.9. The quantitative estimate of drug-likeness (QED) is 0.613. The van der Waals surface area contributed by atoms with Crippen molar-refractivity contribution in [3.8, 4) is 6.07 Å². The molecule has 0 radical (unpaired) electrons. The number of nitrogens with zero attached hydrogens (tertiary/aromatic N) is 6. The summed E-state index contributed by atoms with van der Waals surface area (Å²) in [4.78, 5) is 44.1. The second kappa shape index (κ2) is 8.14. The molecule has 0 spiro atoms. The molecule has 9 heteroatoms. The number of benzene rings is 1. The third-order valence-corrected chi connectivity index (χ3v) is 4.80. The lowest BCUT2D eigenvalue weighted by Gasteiger charge is -2.23. The van der Waals surface area contributed by atoms with Crippen molar-refractivity contribution < 1.29 is 4.79 Å². The third kappa shape index (κ3) is 3.82. The van der Waals surface area contributed by atoms with Crippen LogP contribution in [-0.2, 0) is 32.0 Å². The molecule has 0 fully saturated rings. The van der Waals surface area contributed by atoms with Crippen molar-refractivity contribution in [1.29, 1.82) is 5.26 Å². The van der Waals surface area contributed by atoms with Crippen molar-refractivity contribution in [2.75, 3.05) is 6.54 Å². The summed E-state index contributed by atoms with van der Waals surface area (Å²) in [6.07, 6.45) is 2.20. The maximum Gasteiger partial charge on any atom is 0.332 e. The van der Waals surface area contributed by atoms with E-state index in [0.29, 0.717) is 18.7 Å². The highest BCUT2D eigenvalue weighted by Gasteiger charge is 2.20. The van der Waals surface area contributed by atoms with Crippen LogP contribution in [0, 0.1) is 11.3 Å². The Morgan fingerprint density at radius 2 is 1.90 bits per heavy atom. The third-order valence-electron chi connectivity index (χ3n) is 4.80. The van der Waals surface area contributed by atoms with Gasteiger partial charge in [-0.25, -0.2) is 14.3 Å². The smallest absolute Gasteiger partial charge is 0.332 e. The largest absolute Gasteiger partial charge is 0.337 e. The highest BCUT2D eigenvalue weighted by atomic mass is 16.2. The fraction of sp³-hybridized carbons (Fsp3) is 0.350. The predicted octanol–water partition coefficient (Wildman–Crippen LogP) is 0.744. The summed E-state index contributed by atoms with van der Waals surface area (Å²) >= 11 is 0. The molecule has 3 aromatic rings. The molecule has 29 heavy (non-hydrogen) atoms. The Hall–Kier alpha value is -3.67. The molecule has 3 rings (SSSR count). The summed E-state index contributed by atoms with van der Waals surface area (Å²) in [5.41, 5.74) is 0.855. The molecule has 0 atom stereocenters. The molecule has 1 amide bonds. The fourth-order valence-electron chi connectivity index (χ4n) is 3.24. The Labute approximate surface area is 167 Å². The molecule has 150 valence electrons. The number of imidazole rings is 1. The normalized spacial score (nSPS) is 10.8. The van der Waals surface area contributed by atoms with Gasteiger partial charge in [0.25, 0.3) is 5.56 Å². The van der Waals surface area contributed by atoms with Gasteiger partial charge in [0.15, 0.2) is 11.2 Å². The lowest BCUT2D eigenvalue weighted by atomic mass is 10.1. The Balaban J connectivity index is 1.92. The minimum absolute atomic E-state index is 0.272. The Morgan fingerprint density at radius 3 is 2.52 bits per heavy atom. The SMILES string of the molecule is CCCN(Cc1ccc(C#N)cc1)C(=O)Cn1c(=O)c2c(ncn2C)n(C)c1=O. The monoisotopic (exact) mass is 394 g/mol. The van der Waals surface area contributed by atoms with Gasteiger partial charge in [-0.05, 0) is 24.1 Å². The van der Waals surface area contributed by atoms with E-state index in [1.165, 1.54) is 17.9 Å². The van der Waals surface area contributed by atoms with Crippen LogP contribution in [0.15, 0.2) is 40.2 Å². The molecule has 2 heterocycles. The summed E-state index contributed by atoms with van der Waals surface area (Å²) in [7, 11) is 3.19. The average molecular weight is 394 g/mol. The number of hydrogen-bond acceptors (Lipinski definition) is 5. The minimum atomic E-state index is -0.579. The Bertz CT molecular complexity index is 1210. The van der Waals surface area contributed by atoms with Crippen molar-refractivity contribution >= 4 is 17.1 Å². The topological polar surface area (TPSA) is 106 Å². The lowest BCUT2D eigenvalue weighted by Crippen LogP contribution is -2.44. The van der Waals surface area contributed by atoms with E-state index in [-0.39, 0.29) is 23.6 Å². The van der Waals surface area contributed by atoms with Gasteiger partial charge in [-0.2, -0.15) is 5.26 Å². The van der Waals surface area contributed by atoms with E-state index in [2.05, 4.69) is 11.1 Å². The van der Waals surface area contributed by atoms with Crippen LogP contribution in [0.1, 0.15) is 24.5 Å². The van der Waals surface area contributed by atoms with Crippen LogP contribution in [0.4, 0.5) is 0 Å². The molecule has 0 unspecified atom stereocenters.